The fraction of sp³-hybridized carbons (Fsp3) is 0.304. The van der Waals surface area contributed by atoms with Gasteiger partial charge < -0.3 is 14.7 Å². The Balaban J connectivity index is 1.75. The first kappa shape index (κ1) is 21.1. The second kappa shape index (κ2) is 8.95. The van der Waals surface area contributed by atoms with Crippen LogP contribution in [0.1, 0.15) is 17.2 Å². The van der Waals surface area contributed by atoms with E-state index in [2.05, 4.69) is 4.90 Å². The van der Waals surface area contributed by atoms with Gasteiger partial charge in [0.1, 0.15) is 17.4 Å². The molecule has 2 saturated heterocycles. The third kappa shape index (κ3) is 4.22. The van der Waals surface area contributed by atoms with E-state index in [1.54, 1.807) is 6.07 Å². The molecular weight excluding hydrogens is 406 g/mol. The first-order valence-corrected chi connectivity index (χ1v) is 10.1. The van der Waals surface area contributed by atoms with Crippen molar-refractivity contribution in [1.82, 2.24) is 9.80 Å². The smallest absolute Gasteiger partial charge is 0.295 e. The number of likely N-dealkylation sites (tertiary alicyclic amines) is 1. The average molecular weight is 428 g/mol. The maximum absolute atomic E-state index is 14.7. The quantitative estimate of drug-likeness (QED) is 0.451. The molecule has 2 heterocycles. The van der Waals surface area contributed by atoms with Gasteiger partial charge in [-0.05, 0) is 30.3 Å². The predicted octanol–water partition coefficient (Wildman–Crippen LogP) is 2.72. The number of carbonyl (C=O) groups excluding carboxylic acids is 2. The molecule has 0 radical (unpaired) electrons. The summed E-state index contributed by atoms with van der Waals surface area (Å²) in [5.74, 6) is -3.24. The largest absolute Gasteiger partial charge is 0.507 e. The molecule has 0 aromatic heterocycles. The molecule has 0 saturated carbocycles. The highest BCUT2D eigenvalue weighted by Crippen LogP contribution is 2.40. The third-order valence-electron chi connectivity index (χ3n) is 5.62. The molecule has 0 spiro atoms. The van der Waals surface area contributed by atoms with Crippen LogP contribution in [0.4, 0.5) is 8.78 Å². The number of halogens is 2. The van der Waals surface area contributed by atoms with E-state index in [-0.39, 0.29) is 23.2 Å². The number of hydrogen-bond acceptors (Lipinski definition) is 5. The van der Waals surface area contributed by atoms with Gasteiger partial charge in [-0.25, -0.2) is 8.78 Å². The minimum absolute atomic E-state index is 0.118. The average Bonchev–Trinajstić information content (AvgIpc) is 3.03. The SMILES string of the molecule is O=C1C(=O)N(CCN2CCOCC2)[C@@H](c2ccccc2F)C1=C(O)c1ccc(F)cc1. The van der Waals surface area contributed by atoms with E-state index in [0.717, 1.165) is 12.1 Å². The van der Waals surface area contributed by atoms with Crippen molar-refractivity contribution in [3.63, 3.8) is 0 Å². The van der Waals surface area contributed by atoms with Crippen molar-refractivity contribution in [2.24, 2.45) is 0 Å². The number of amides is 1. The number of aliphatic hydroxyl groups is 1. The van der Waals surface area contributed by atoms with Gasteiger partial charge in [-0.15, -0.1) is 0 Å². The van der Waals surface area contributed by atoms with E-state index < -0.39 is 35.1 Å². The van der Waals surface area contributed by atoms with Crippen LogP contribution in [0.3, 0.4) is 0 Å². The molecule has 1 amide bonds. The Bertz CT molecular complexity index is 1020. The normalized spacial score (nSPS) is 21.6. The van der Waals surface area contributed by atoms with Crippen LogP contribution in [0.15, 0.2) is 54.1 Å². The predicted molar refractivity (Wildman–Crippen MR) is 109 cm³/mol. The molecule has 2 aliphatic rings. The maximum Gasteiger partial charge on any atom is 0.295 e. The van der Waals surface area contributed by atoms with E-state index in [9.17, 15) is 23.5 Å². The molecule has 1 N–H and O–H groups in total. The molecule has 31 heavy (non-hydrogen) atoms. The first-order chi connectivity index (χ1) is 15.0. The van der Waals surface area contributed by atoms with Gasteiger partial charge in [0.25, 0.3) is 11.7 Å². The van der Waals surface area contributed by atoms with Crippen molar-refractivity contribution < 1.29 is 28.2 Å². The highest BCUT2D eigenvalue weighted by Gasteiger charge is 2.46. The molecular formula is C23H22F2N2O4. The number of aliphatic hydroxyl groups excluding tert-OH is 1. The second-order valence-electron chi connectivity index (χ2n) is 7.47. The van der Waals surface area contributed by atoms with Gasteiger partial charge in [0.05, 0.1) is 24.8 Å². The molecule has 0 unspecified atom stereocenters. The Kier molecular flexibility index (Phi) is 6.11. The topological polar surface area (TPSA) is 70.1 Å². The van der Waals surface area contributed by atoms with Crippen LogP contribution in [-0.4, -0.2) is 66.0 Å². The van der Waals surface area contributed by atoms with E-state index in [0.29, 0.717) is 32.8 Å². The first-order valence-electron chi connectivity index (χ1n) is 10.1. The minimum atomic E-state index is -1.08. The molecule has 8 heteroatoms. The molecule has 2 fully saturated rings. The van der Waals surface area contributed by atoms with E-state index in [1.807, 2.05) is 0 Å². The summed E-state index contributed by atoms with van der Waals surface area (Å²) >= 11 is 0. The summed E-state index contributed by atoms with van der Waals surface area (Å²) in [6, 6.07) is 9.68. The van der Waals surface area contributed by atoms with Crippen LogP contribution in [0.2, 0.25) is 0 Å². The second-order valence-corrected chi connectivity index (χ2v) is 7.47. The van der Waals surface area contributed by atoms with Crippen LogP contribution in [0.5, 0.6) is 0 Å². The van der Waals surface area contributed by atoms with Crippen molar-refractivity contribution in [3.05, 3.63) is 76.9 Å². The van der Waals surface area contributed by atoms with Gasteiger partial charge >= 0.3 is 0 Å². The number of ketones is 1. The van der Waals surface area contributed by atoms with E-state index >= 15 is 0 Å². The summed E-state index contributed by atoms with van der Waals surface area (Å²) in [6.07, 6.45) is 0. The van der Waals surface area contributed by atoms with Crippen LogP contribution < -0.4 is 0 Å². The maximum atomic E-state index is 14.7. The molecule has 4 rings (SSSR count). The fourth-order valence-electron chi connectivity index (χ4n) is 3.97. The van der Waals surface area contributed by atoms with Crippen molar-refractivity contribution in [2.45, 2.75) is 6.04 Å². The monoisotopic (exact) mass is 428 g/mol. The summed E-state index contributed by atoms with van der Waals surface area (Å²) in [5.41, 5.74) is 0.0879. The van der Waals surface area contributed by atoms with E-state index in [4.69, 9.17) is 4.74 Å². The number of Topliss-reactive ketones (excluding diaryl/α,β-unsaturated/α-hetero) is 1. The number of carbonyl (C=O) groups is 2. The lowest BCUT2D eigenvalue weighted by molar-refractivity contribution is -0.140. The van der Waals surface area contributed by atoms with Crippen LogP contribution in [0.25, 0.3) is 5.76 Å². The van der Waals surface area contributed by atoms with Crippen LogP contribution in [-0.2, 0) is 14.3 Å². The highest BCUT2D eigenvalue weighted by atomic mass is 19.1. The minimum Gasteiger partial charge on any atom is -0.507 e. The summed E-state index contributed by atoms with van der Waals surface area (Å²) in [4.78, 5) is 29.2. The van der Waals surface area contributed by atoms with Gasteiger partial charge in [-0.1, -0.05) is 18.2 Å². The lowest BCUT2D eigenvalue weighted by atomic mass is 9.95. The van der Waals surface area contributed by atoms with Gasteiger partial charge in [0.15, 0.2) is 0 Å². The zero-order valence-electron chi connectivity index (χ0n) is 16.8. The number of rotatable bonds is 5. The summed E-state index contributed by atoms with van der Waals surface area (Å²) in [6.45, 7) is 3.23. The van der Waals surface area contributed by atoms with Crippen LogP contribution in [0, 0.1) is 11.6 Å². The molecule has 0 bridgehead atoms. The zero-order valence-corrected chi connectivity index (χ0v) is 16.8. The van der Waals surface area contributed by atoms with Gasteiger partial charge in [-0.3, -0.25) is 14.5 Å². The lowest BCUT2D eigenvalue weighted by Gasteiger charge is -2.31. The number of nitrogens with zero attached hydrogens (tertiary/aromatic N) is 2. The molecule has 1 atom stereocenters. The Morgan fingerprint density at radius 1 is 1.00 bits per heavy atom. The molecule has 2 aromatic rings. The standard InChI is InChI=1S/C23H22F2N2O4/c24-16-7-5-15(6-8-16)21(28)19-20(17-3-1-2-4-18(17)25)27(23(30)22(19)29)10-9-26-11-13-31-14-12-26/h1-8,20,28H,9-14H2/t20-/m0/s1. The summed E-state index contributed by atoms with van der Waals surface area (Å²) in [5, 5.41) is 10.9. The molecule has 0 aliphatic carbocycles. The summed E-state index contributed by atoms with van der Waals surface area (Å²) < 4.78 is 33.4. The number of morpholine rings is 1. The number of hydrogen-bond donors (Lipinski definition) is 1. The molecule has 2 aromatic carbocycles. The number of ether oxygens (including phenoxy) is 1. The fourth-order valence-corrected chi connectivity index (χ4v) is 3.97. The number of benzene rings is 2. The Hall–Kier alpha value is -3.10. The Labute approximate surface area is 178 Å². The van der Waals surface area contributed by atoms with Crippen molar-refractivity contribution in [1.29, 1.82) is 0 Å². The van der Waals surface area contributed by atoms with Gasteiger partial charge in [0, 0.05) is 37.3 Å². The molecule has 2 aliphatic heterocycles. The van der Waals surface area contributed by atoms with Gasteiger partial charge in [0.2, 0.25) is 0 Å². The van der Waals surface area contributed by atoms with Crippen LogP contribution >= 0.6 is 0 Å². The van der Waals surface area contributed by atoms with Crippen molar-refractivity contribution in [3.8, 4) is 0 Å². The zero-order chi connectivity index (χ0) is 22.0. The Morgan fingerprint density at radius 2 is 1.68 bits per heavy atom. The summed E-state index contributed by atoms with van der Waals surface area (Å²) in [7, 11) is 0. The van der Waals surface area contributed by atoms with Crippen molar-refractivity contribution in [2.75, 3.05) is 39.4 Å². The third-order valence-corrected chi connectivity index (χ3v) is 5.62. The van der Waals surface area contributed by atoms with Crippen molar-refractivity contribution >= 4 is 17.4 Å². The molecule has 162 valence electrons. The Morgan fingerprint density at radius 3 is 2.35 bits per heavy atom. The van der Waals surface area contributed by atoms with E-state index in [1.165, 1.54) is 35.2 Å². The lowest BCUT2D eigenvalue weighted by Crippen LogP contribution is -2.42. The molecule has 6 nitrogen and oxygen atoms in total. The van der Waals surface area contributed by atoms with Gasteiger partial charge in [-0.2, -0.15) is 0 Å². The highest BCUT2D eigenvalue weighted by molar-refractivity contribution is 6.46.